The highest BCUT2D eigenvalue weighted by Gasteiger charge is 2.39. The normalized spacial score (nSPS) is 21.0. The fourth-order valence-electron chi connectivity index (χ4n) is 5.21. The van der Waals surface area contributed by atoms with E-state index >= 15 is 0 Å². The summed E-state index contributed by atoms with van der Waals surface area (Å²) in [6, 6.07) is 11.4. The molecule has 41 heavy (non-hydrogen) atoms. The molecule has 0 spiro atoms. The molecule has 220 valence electrons. The summed E-state index contributed by atoms with van der Waals surface area (Å²) in [6.07, 6.45) is 2.94. The summed E-state index contributed by atoms with van der Waals surface area (Å²) < 4.78 is 27.1. The molecule has 3 heterocycles. The van der Waals surface area contributed by atoms with Gasteiger partial charge in [-0.1, -0.05) is 50.2 Å². The predicted molar refractivity (Wildman–Crippen MR) is 151 cm³/mol. The Morgan fingerprint density at radius 3 is 2.46 bits per heavy atom. The minimum Gasteiger partial charge on any atom is -0.344 e. The quantitative estimate of drug-likeness (QED) is 0.432. The smallest absolute Gasteiger partial charge is 0.260 e. The fourth-order valence-corrected chi connectivity index (χ4v) is 6.59. The van der Waals surface area contributed by atoms with Crippen molar-refractivity contribution in [2.24, 2.45) is 5.92 Å². The lowest BCUT2D eigenvalue weighted by Crippen LogP contribution is -2.55. The number of aromatic nitrogens is 1. The van der Waals surface area contributed by atoms with E-state index in [1.165, 1.54) is 12.3 Å². The average molecular weight is 584 g/mol. The van der Waals surface area contributed by atoms with E-state index in [1.54, 1.807) is 17.0 Å². The minimum absolute atomic E-state index is 0.0560. The number of nitrogens with one attached hydrogen (secondary N) is 2. The molecule has 1 aromatic carbocycles. The molecule has 0 saturated carbocycles. The van der Waals surface area contributed by atoms with Gasteiger partial charge in [0.2, 0.25) is 17.7 Å². The van der Waals surface area contributed by atoms with Crippen molar-refractivity contribution in [2.75, 3.05) is 13.1 Å². The Morgan fingerprint density at radius 1 is 1.05 bits per heavy atom. The van der Waals surface area contributed by atoms with Crippen LogP contribution in [-0.2, 0) is 35.7 Å². The Labute approximate surface area is 240 Å². The number of pyridine rings is 1. The van der Waals surface area contributed by atoms with E-state index in [0.29, 0.717) is 25.8 Å². The molecule has 0 unspecified atom stereocenters. The van der Waals surface area contributed by atoms with Crippen molar-refractivity contribution >= 4 is 33.5 Å². The maximum absolute atomic E-state index is 13.4. The van der Waals surface area contributed by atoms with Gasteiger partial charge in [-0.2, -0.15) is 4.31 Å². The van der Waals surface area contributed by atoms with Crippen LogP contribution in [0.25, 0.3) is 0 Å². The van der Waals surface area contributed by atoms with Crippen molar-refractivity contribution in [2.45, 2.75) is 75.6 Å². The van der Waals surface area contributed by atoms with Gasteiger partial charge in [-0.05, 0) is 49.3 Å². The van der Waals surface area contributed by atoms with Crippen LogP contribution < -0.4 is 10.6 Å². The van der Waals surface area contributed by atoms with Crippen LogP contribution in [0.1, 0.15) is 51.5 Å². The number of carbonyl (C=O) groups excluding carboxylic acids is 4. The van der Waals surface area contributed by atoms with Gasteiger partial charge in [0.05, 0.1) is 12.6 Å². The second kappa shape index (κ2) is 13.3. The molecule has 4 rings (SSSR count). The first-order chi connectivity index (χ1) is 19.6. The van der Waals surface area contributed by atoms with Gasteiger partial charge in [0.15, 0.2) is 10.8 Å². The van der Waals surface area contributed by atoms with E-state index in [2.05, 4.69) is 15.6 Å². The minimum atomic E-state index is -3.96. The first-order valence-corrected chi connectivity index (χ1v) is 15.4. The SMILES string of the molecule is CC(C)C[C@H](NC(=O)[C@H]1CCC(=O)N1Cc1ccccc1)C(=O)N[C@@H]1CCCN(S(=O)(=O)c2ccccn2)CC1=O. The Morgan fingerprint density at radius 2 is 1.78 bits per heavy atom. The van der Waals surface area contributed by atoms with Gasteiger partial charge >= 0.3 is 0 Å². The average Bonchev–Trinajstić information content (AvgIpc) is 3.20. The van der Waals surface area contributed by atoms with Crippen LogP contribution in [0.3, 0.4) is 0 Å². The summed E-state index contributed by atoms with van der Waals surface area (Å²) in [5.41, 5.74) is 0.906. The van der Waals surface area contributed by atoms with Crippen molar-refractivity contribution in [1.82, 2.24) is 24.8 Å². The van der Waals surface area contributed by atoms with E-state index in [1.807, 2.05) is 44.2 Å². The van der Waals surface area contributed by atoms with Crippen LogP contribution in [0, 0.1) is 5.92 Å². The molecule has 2 aliphatic heterocycles. The van der Waals surface area contributed by atoms with Gasteiger partial charge in [-0.25, -0.2) is 13.4 Å². The number of Topliss-reactive ketones (excluding diaryl/α,β-unsaturated/α-hetero) is 1. The van der Waals surface area contributed by atoms with Crippen LogP contribution in [-0.4, -0.2) is 77.3 Å². The third-order valence-electron chi connectivity index (χ3n) is 7.35. The van der Waals surface area contributed by atoms with Crippen molar-refractivity contribution in [3.05, 3.63) is 60.3 Å². The van der Waals surface area contributed by atoms with E-state index in [-0.39, 0.29) is 42.8 Å². The number of sulfonamides is 1. The van der Waals surface area contributed by atoms with Gasteiger partial charge in [-0.3, -0.25) is 19.2 Å². The van der Waals surface area contributed by atoms with E-state index in [0.717, 1.165) is 9.87 Å². The molecule has 3 amide bonds. The van der Waals surface area contributed by atoms with Crippen molar-refractivity contribution in [3.8, 4) is 0 Å². The Bertz CT molecular complexity index is 1350. The standard InChI is InChI=1S/C29H37N5O6S/c1-20(2)17-23(32-29(38)24-13-14-27(36)34(24)18-21-9-4-3-5-10-21)28(37)31-22-11-8-16-33(19-25(22)35)41(39,40)26-12-6-7-15-30-26/h3-7,9-10,12,15,20,22-24H,8,11,13-14,16-19H2,1-2H3,(H,31,37)(H,32,38)/t22-,23+,24-/m1/s1. The lowest BCUT2D eigenvalue weighted by atomic mass is 10.0. The summed E-state index contributed by atoms with van der Waals surface area (Å²) in [7, 11) is -3.96. The fraction of sp³-hybridized carbons (Fsp3) is 0.483. The van der Waals surface area contributed by atoms with Crippen LogP contribution in [0.15, 0.2) is 59.8 Å². The van der Waals surface area contributed by atoms with Crippen LogP contribution in [0.5, 0.6) is 0 Å². The van der Waals surface area contributed by atoms with Gasteiger partial charge in [0.1, 0.15) is 12.1 Å². The highest BCUT2D eigenvalue weighted by atomic mass is 32.2. The topological polar surface area (TPSA) is 146 Å². The number of hydrogen-bond acceptors (Lipinski definition) is 7. The molecular weight excluding hydrogens is 546 g/mol. The number of likely N-dealkylation sites (tertiary alicyclic amines) is 1. The third kappa shape index (κ3) is 7.56. The lowest BCUT2D eigenvalue weighted by Gasteiger charge is -2.28. The molecule has 2 saturated heterocycles. The second-order valence-electron chi connectivity index (χ2n) is 10.9. The number of carbonyl (C=O) groups is 4. The molecular formula is C29H37N5O6S. The number of benzene rings is 1. The van der Waals surface area contributed by atoms with Gasteiger partial charge in [-0.15, -0.1) is 0 Å². The predicted octanol–water partition coefficient (Wildman–Crippen LogP) is 1.64. The summed E-state index contributed by atoms with van der Waals surface area (Å²) in [5, 5.41) is 5.45. The number of rotatable bonds is 10. The molecule has 1 aromatic heterocycles. The molecule has 0 bridgehead atoms. The number of hydrogen-bond donors (Lipinski definition) is 2. The Kier molecular flexibility index (Phi) is 9.87. The maximum Gasteiger partial charge on any atom is 0.260 e. The molecule has 2 N–H and O–H groups in total. The molecule has 0 radical (unpaired) electrons. The van der Waals surface area contributed by atoms with Gasteiger partial charge in [0, 0.05) is 25.7 Å². The highest BCUT2D eigenvalue weighted by molar-refractivity contribution is 7.89. The van der Waals surface area contributed by atoms with E-state index in [4.69, 9.17) is 0 Å². The largest absolute Gasteiger partial charge is 0.344 e. The van der Waals surface area contributed by atoms with Crippen molar-refractivity contribution in [1.29, 1.82) is 0 Å². The van der Waals surface area contributed by atoms with Crippen LogP contribution in [0.4, 0.5) is 0 Å². The summed E-state index contributed by atoms with van der Waals surface area (Å²) in [4.78, 5) is 57.9. The summed E-state index contributed by atoms with van der Waals surface area (Å²) in [5.74, 6) is -1.41. The number of nitrogens with zero attached hydrogens (tertiary/aromatic N) is 3. The van der Waals surface area contributed by atoms with Crippen molar-refractivity contribution in [3.63, 3.8) is 0 Å². The maximum atomic E-state index is 13.4. The highest BCUT2D eigenvalue weighted by Crippen LogP contribution is 2.23. The van der Waals surface area contributed by atoms with Crippen LogP contribution >= 0.6 is 0 Å². The number of amides is 3. The molecule has 11 nitrogen and oxygen atoms in total. The van der Waals surface area contributed by atoms with E-state index < -0.39 is 45.7 Å². The molecule has 2 aromatic rings. The summed E-state index contributed by atoms with van der Waals surface area (Å²) in [6.45, 7) is 3.88. The first kappa shape index (κ1) is 30.3. The first-order valence-electron chi connectivity index (χ1n) is 13.9. The zero-order valence-corrected chi connectivity index (χ0v) is 24.2. The monoisotopic (exact) mass is 583 g/mol. The zero-order chi connectivity index (χ0) is 29.6. The zero-order valence-electron chi connectivity index (χ0n) is 23.4. The number of ketones is 1. The molecule has 2 aliphatic rings. The molecule has 2 fully saturated rings. The van der Waals surface area contributed by atoms with Crippen molar-refractivity contribution < 1.29 is 27.6 Å². The molecule has 12 heteroatoms. The summed E-state index contributed by atoms with van der Waals surface area (Å²) >= 11 is 0. The second-order valence-corrected chi connectivity index (χ2v) is 12.8. The van der Waals surface area contributed by atoms with Crippen LogP contribution in [0.2, 0.25) is 0 Å². The Balaban J connectivity index is 1.41. The Hall–Kier alpha value is -3.64. The third-order valence-corrected chi connectivity index (χ3v) is 9.11. The van der Waals surface area contributed by atoms with Gasteiger partial charge < -0.3 is 15.5 Å². The lowest BCUT2D eigenvalue weighted by molar-refractivity contribution is -0.137. The molecule has 0 aliphatic carbocycles. The van der Waals surface area contributed by atoms with Gasteiger partial charge in [0.25, 0.3) is 10.0 Å². The van der Waals surface area contributed by atoms with E-state index in [9.17, 15) is 27.6 Å². The molecule has 3 atom stereocenters.